The van der Waals surface area contributed by atoms with Gasteiger partial charge in [0.15, 0.2) is 0 Å². The Morgan fingerprint density at radius 1 is 1.38 bits per heavy atom. The van der Waals surface area contributed by atoms with Gasteiger partial charge >= 0.3 is 0 Å². The zero-order chi connectivity index (χ0) is 11.5. The SMILES string of the molecule is NC(=O)C=Cc1ccc2c(c1)CCC(=O)N2. The average molecular weight is 216 g/mol. The van der Waals surface area contributed by atoms with E-state index in [0.29, 0.717) is 6.42 Å². The van der Waals surface area contributed by atoms with Crippen LogP contribution in [0.15, 0.2) is 24.3 Å². The van der Waals surface area contributed by atoms with Crippen molar-refractivity contribution in [1.82, 2.24) is 0 Å². The van der Waals surface area contributed by atoms with Crippen molar-refractivity contribution in [2.24, 2.45) is 5.73 Å². The third-order valence-corrected chi connectivity index (χ3v) is 2.46. The van der Waals surface area contributed by atoms with E-state index in [9.17, 15) is 9.59 Å². The van der Waals surface area contributed by atoms with Crippen LogP contribution in [-0.4, -0.2) is 11.8 Å². The van der Waals surface area contributed by atoms with Gasteiger partial charge in [0.25, 0.3) is 0 Å². The van der Waals surface area contributed by atoms with Crippen LogP contribution in [0.4, 0.5) is 5.69 Å². The number of primary amides is 1. The van der Waals surface area contributed by atoms with E-state index in [0.717, 1.165) is 23.2 Å². The quantitative estimate of drug-likeness (QED) is 0.726. The van der Waals surface area contributed by atoms with Crippen molar-refractivity contribution >= 4 is 23.6 Å². The minimum atomic E-state index is -0.467. The van der Waals surface area contributed by atoms with E-state index in [1.165, 1.54) is 6.08 Å². The van der Waals surface area contributed by atoms with Crippen LogP contribution in [0.1, 0.15) is 17.5 Å². The Bertz CT molecular complexity index is 478. The Kier molecular flexibility index (Phi) is 2.72. The molecule has 2 amide bonds. The maximum atomic E-state index is 11.1. The fourth-order valence-electron chi connectivity index (χ4n) is 1.69. The molecular formula is C12H12N2O2. The number of amides is 2. The summed E-state index contributed by atoms with van der Waals surface area (Å²) in [5.74, 6) is -0.418. The summed E-state index contributed by atoms with van der Waals surface area (Å²) < 4.78 is 0. The third-order valence-electron chi connectivity index (χ3n) is 2.46. The Morgan fingerprint density at radius 3 is 2.94 bits per heavy atom. The second kappa shape index (κ2) is 4.18. The normalized spacial score (nSPS) is 14.6. The van der Waals surface area contributed by atoms with Gasteiger partial charge in [0, 0.05) is 18.2 Å². The van der Waals surface area contributed by atoms with Crippen molar-refractivity contribution in [2.45, 2.75) is 12.8 Å². The van der Waals surface area contributed by atoms with Crippen LogP contribution in [0, 0.1) is 0 Å². The van der Waals surface area contributed by atoms with E-state index in [4.69, 9.17) is 5.73 Å². The summed E-state index contributed by atoms with van der Waals surface area (Å²) in [7, 11) is 0. The number of carbonyl (C=O) groups excluding carboxylic acids is 2. The number of benzene rings is 1. The number of rotatable bonds is 2. The molecule has 4 nitrogen and oxygen atoms in total. The first-order chi connectivity index (χ1) is 7.65. The fraction of sp³-hybridized carbons (Fsp3) is 0.167. The molecule has 0 saturated heterocycles. The molecule has 0 bridgehead atoms. The van der Waals surface area contributed by atoms with Crippen molar-refractivity contribution in [2.75, 3.05) is 5.32 Å². The van der Waals surface area contributed by atoms with Crippen LogP contribution in [0.2, 0.25) is 0 Å². The zero-order valence-electron chi connectivity index (χ0n) is 8.69. The summed E-state index contributed by atoms with van der Waals surface area (Å²) in [4.78, 5) is 21.7. The van der Waals surface area contributed by atoms with Gasteiger partial charge in [-0.15, -0.1) is 0 Å². The molecule has 82 valence electrons. The first-order valence-electron chi connectivity index (χ1n) is 5.05. The molecule has 1 heterocycles. The lowest BCUT2D eigenvalue weighted by Gasteiger charge is -2.16. The van der Waals surface area contributed by atoms with Gasteiger partial charge in [0.2, 0.25) is 11.8 Å². The first-order valence-corrected chi connectivity index (χ1v) is 5.05. The predicted molar refractivity (Wildman–Crippen MR) is 61.6 cm³/mol. The molecule has 16 heavy (non-hydrogen) atoms. The average Bonchev–Trinajstić information content (AvgIpc) is 2.26. The molecule has 0 radical (unpaired) electrons. The van der Waals surface area contributed by atoms with Crippen LogP contribution in [-0.2, 0) is 16.0 Å². The molecule has 2 rings (SSSR count). The van der Waals surface area contributed by atoms with E-state index in [-0.39, 0.29) is 5.91 Å². The summed E-state index contributed by atoms with van der Waals surface area (Å²) in [6.07, 6.45) is 4.23. The van der Waals surface area contributed by atoms with E-state index >= 15 is 0 Å². The Morgan fingerprint density at radius 2 is 2.19 bits per heavy atom. The molecule has 3 N–H and O–H groups in total. The minimum absolute atomic E-state index is 0.0490. The topological polar surface area (TPSA) is 72.2 Å². The number of aryl methyl sites for hydroxylation is 1. The van der Waals surface area contributed by atoms with Gasteiger partial charge in [-0.05, 0) is 35.8 Å². The number of nitrogens with one attached hydrogen (secondary N) is 1. The third kappa shape index (κ3) is 2.28. The number of hydrogen-bond acceptors (Lipinski definition) is 2. The molecule has 0 aliphatic carbocycles. The number of hydrogen-bond donors (Lipinski definition) is 2. The van der Waals surface area contributed by atoms with Gasteiger partial charge in [0.1, 0.15) is 0 Å². The Labute approximate surface area is 93.1 Å². The molecule has 4 heteroatoms. The molecule has 1 aromatic carbocycles. The van der Waals surface area contributed by atoms with E-state index in [1.807, 2.05) is 18.2 Å². The Hall–Kier alpha value is -2.10. The van der Waals surface area contributed by atoms with Crippen LogP contribution in [0.3, 0.4) is 0 Å². The monoisotopic (exact) mass is 216 g/mol. The van der Waals surface area contributed by atoms with Gasteiger partial charge < -0.3 is 11.1 Å². The van der Waals surface area contributed by atoms with Crippen LogP contribution in [0.25, 0.3) is 6.08 Å². The van der Waals surface area contributed by atoms with E-state index in [2.05, 4.69) is 5.32 Å². The lowest BCUT2D eigenvalue weighted by Crippen LogP contribution is -2.18. The molecule has 1 aromatic rings. The summed E-state index contributed by atoms with van der Waals surface area (Å²) in [6.45, 7) is 0. The predicted octanol–water partition coefficient (Wildman–Crippen LogP) is 1.07. The summed E-state index contributed by atoms with van der Waals surface area (Å²) >= 11 is 0. The number of nitrogens with two attached hydrogens (primary N) is 1. The van der Waals surface area contributed by atoms with Gasteiger partial charge in [-0.1, -0.05) is 6.07 Å². The van der Waals surface area contributed by atoms with Gasteiger partial charge in [0.05, 0.1) is 0 Å². The molecule has 0 unspecified atom stereocenters. The van der Waals surface area contributed by atoms with Gasteiger partial charge in [-0.25, -0.2) is 0 Å². The van der Waals surface area contributed by atoms with E-state index in [1.54, 1.807) is 6.08 Å². The number of carbonyl (C=O) groups is 2. The first kappa shape index (κ1) is 10.4. The lowest BCUT2D eigenvalue weighted by molar-refractivity contribution is -0.116. The second-order valence-electron chi connectivity index (χ2n) is 3.70. The fourth-order valence-corrected chi connectivity index (χ4v) is 1.69. The molecule has 0 atom stereocenters. The largest absolute Gasteiger partial charge is 0.366 e. The Balaban J connectivity index is 2.26. The van der Waals surface area contributed by atoms with Gasteiger partial charge in [-0.2, -0.15) is 0 Å². The number of fused-ring (bicyclic) bond motifs is 1. The number of anilines is 1. The highest BCUT2D eigenvalue weighted by molar-refractivity contribution is 5.94. The molecule has 1 aliphatic heterocycles. The second-order valence-corrected chi connectivity index (χ2v) is 3.70. The van der Waals surface area contributed by atoms with Crippen molar-refractivity contribution in [3.05, 3.63) is 35.4 Å². The molecule has 1 aliphatic rings. The maximum Gasteiger partial charge on any atom is 0.241 e. The molecule has 0 aromatic heterocycles. The molecule has 0 saturated carbocycles. The highest BCUT2D eigenvalue weighted by atomic mass is 16.1. The summed E-state index contributed by atoms with van der Waals surface area (Å²) in [6, 6.07) is 5.63. The lowest BCUT2D eigenvalue weighted by atomic mass is 10.0. The summed E-state index contributed by atoms with van der Waals surface area (Å²) in [5, 5.41) is 2.80. The maximum absolute atomic E-state index is 11.1. The molecule has 0 fully saturated rings. The van der Waals surface area contributed by atoms with Crippen LogP contribution in [0.5, 0.6) is 0 Å². The van der Waals surface area contributed by atoms with Crippen molar-refractivity contribution in [3.63, 3.8) is 0 Å². The standard InChI is InChI=1S/C12H12N2O2/c13-11(15)5-2-8-1-4-10-9(7-8)3-6-12(16)14-10/h1-2,4-5,7H,3,6H2,(H2,13,15)(H,14,16). The minimum Gasteiger partial charge on any atom is -0.366 e. The molecule has 0 spiro atoms. The highest BCUT2D eigenvalue weighted by Crippen LogP contribution is 2.23. The van der Waals surface area contributed by atoms with Gasteiger partial charge in [-0.3, -0.25) is 9.59 Å². The van der Waals surface area contributed by atoms with Crippen LogP contribution < -0.4 is 11.1 Å². The highest BCUT2D eigenvalue weighted by Gasteiger charge is 2.13. The zero-order valence-corrected chi connectivity index (χ0v) is 8.69. The van der Waals surface area contributed by atoms with Crippen LogP contribution >= 0.6 is 0 Å². The smallest absolute Gasteiger partial charge is 0.241 e. The van der Waals surface area contributed by atoms with Crippen molar-refractivity contribution in [1.29, 1.82) is 0 Å². The van der Waals surface area contributed by atoms with Crippen molar-refractivity contribution < 1.29 is 9.59 Å². The van der Waals surface area contributed by atoms with Crippen molar-refractivity contribution in [3.8, 4) is 0 Å². The summed E-state index contributed by atoms with van der Waals surface area (Å²) in [5.41, 5.74) is 7.87. The molecular weight excluding hydrogens is 204 g/mol. The van der Waals surface area contributed by atoms with E-state index < -0.39 is 5.91 Å².